The van der Waals surface area contributed by atoms with E-state index in [1.165, 1.54) is 0 Å². The van der Waals surface area contributed by atoms with Crippen molar-refractivity contribution < 1.29 is 24.1 Å². The third-order valence-corrected chi connectivity index (χ3v) is 8.30. The van der Waals surface area contributed by atoms with Crippen molar-refractivity contribution in [2.75, 3.05) is 65.1 Å². The smallest absolute Gasteiger partial charge is 0.222 e. The molecule has 0 radical (unpaired) electrons. The van der Waals surface area contributed by atoms with Crippen LogP contribution in [0.5, 0.6) is 11.5 Å². The molecule has 1 aromatic rings. The Bertz CT molecular complexity index is 806. The molecule has 1 aromatic carbocycles. The SMILES string of the molecule is COCCCOc1cc(CC(CC(N)C(O)CC(C)C(=O)NCCN2CCSCC2)C(C)C)ccc1OC. The van der Waals surface area contributed by atoms with Gasteiger partial charge in [-0.3, -0.25) is 9.69 Å². The predicted molar refractivity (Wildman–Crippen MR) is 156 cm³/mol. The Balaban J connectivity index is 1.85. The second kappa shape index (κ2) is 17.9. The molecule has 4 atom stereocenters. The van der Waals surface area contributed by atoms with Crippen LogP contribution < -0.4 is 20.5 Å². The van der Waals surface area contributed by atoms with E-state index in [9.17, 15) is 9.90 Å². The lowest BCUT2D eigenvalue weighted by Crippen LogP contribution is -2.43. The Kier molecular flexibility index (Phi) is 15.4. The van der Waals surface area contributed by atoms with Crippen molar-refractivity contribution in [3.8, 4) is 11.5 Å². The number of rotatable bonds is 18. The predicted octanol–water partition coefficient (Wildman–Crippen LogP) is 3.19. The maximum absolute atomic E-state index is 12.6. The summed E-state index contributed by atoms with van der Waals surface area (Å²) in [5.74, 6) is 4.12. The molecule has 218 valence electrons. The Morgan fingerprint density at radius 3 is 2.53 bits per heavy atom. The van der Waals surface area contributed by atoms with Gasteiger partial charge in [-0.05, 0) is 48.8 Å². The Morgan fingerprint density at radius 1 is 1.13 bits per heavy atom. The highest BCUT2D eigenvalue weighted by Crippen LogP contribution is 2.31. The van der Waals surface area contributed by atoms with Crippen LogP contribution in [0.15, 0.2) is 18.2 Å². The van der Waals surface area contributed by atoms with Crippen LogP contribution in [0.25, 0.3) is 0 Å². The van der Waals surface area contributed by atoms with E-state index in [0.29, 0.717) is 44.3 Å². The topological polar surface area (TPSA) is 106 Å². The molecule has 0 aromatic heterocycles. The molecule has 8 nitrogen and oxygen atoms in total. The van der Waals surface area contributed by atoms with Crippen molar-refractivity contribution in [3.63, 3.8) is 0 Å². The van der Waals surface area contributed by atoms with Crippen LogP contribution in [0.3, 0.4) is 0 Å². The van der Waals surface area contributed by atoms with E-state index in [0.717, 1.165) is 55.3 Å². The number of nitrogens with two attached hydrogens (primary N) is 1. The van der Waals surface area contributed by atoms with Gasteiger partial charge in [-0.2, -0.15) is 11.8 Å². The van der Waals surface area contributed by atoms with Gasteiger partial charge in [-0.15, -0.1) is 0 Å². The average molecular weight is 554 g/mol. The van der Waals surface area contributed by atoms with E-state index >= 15 is 0 Å². The molecule has 0 saturated carbocycles. The average Bonchev–Trinajstić information content (AvgIpc) is 2.91. The molecule has 1 amide bonds. The molecule has 9 heteroatoms. The van der Waals surface area contributed by atoms with Gasteiger partial charge >= 0.3 is 0 Å². The Morgan fingerprint density at radius 2 is 1.87 bits per heavy atom. The second-order valence-electron chi connectivity index (χ2n) is 10.7. The van der Waals surface area contributed by atoms with Crippen molar-refractivity contribution in [2.45, 2.75) is 58.6 Å². The molecular formula is C29H51N3O5S. The van der Waals surface area contributed by atoms with Crippen LogP contribution in [0, 0.1) is 17.8 Å². The van der Waals surface area contributed by atoms with Gasteiger partial charge in [0.2, 0.25) is 5.91 Å². The molecule has 4 N–H and O–H groups in total. The zero-order valence-corrected chi connectivity index (χ0v) is 24.9. The summed E-state index contributed by atoms with van der Waals surface area (Å²) in [6.07, 6.45) is 1.93. The number of ether oxygens (including phenoxy) is 3. The zero-order valence-electron chi connectivity index (χ0n) is 24.1. The number of amides is 1. The maximum Gasteiger partial charge on any atom is 0.222 e. The first-order valence-electron chi connectivity index (χ1n) is 14.0. The van der Waals surface area contributed by atoms with Crippen molar-refractivity contribution in [2.24, 2.45) is 23.5 Å². The van der Waals surface area contributed by atoms with E-state index in [2.05, 4.69) is 30.1 Å². The van der Waals surface area contributed by atoms with Crippen molar-refractivity contribution in [1.82, 2.24) is 10.2 Å². The van der Waals surface area contributed by atoms with Gasteiger partial charge in [0.05, 0.1) is 19.8 Å². The summed E-state index contributed by atoms with van der Waals surface area (Å²) in [7, 11) is 3.32. The summed E-state index contributed by atoms with van der Waals surface area (Å²) in [4.78, 5) is 15.0. The van der Waals surface area contributed by atoms with Crippen LogP contribution >= 0.6 is 11.8 Å². The fourth-order valence-corrected chi connectivity index (χ4v) is 5.71. The van der Waals surface area contributed by atoms with Crippen LogP contribution in [0.1, 0.15) is 45.6 Å². The third-order valence-electron chi connectivity index (χ3n) is 7.36. The van der Waals surface area contributed by atoms with Gasteiger partial charge in [0.1, 0.15) is 0 Å². The fraction of sp³-hybridized carbons (Fsp3) is 0.759. The Labute approximate surface area is 234 Å². The Hall–Kier alpha value is -1.52. The van der Waals surface area contributed by atoms with Crippen LogP contribution in [-0.2, 0) is 16.0 Å². The molecular weight excluding hydrogens is 502 g/mol. The quantitative estimate of drug-likeness (QED) is 0.238. The number of nitrogens with zero attached hydrogens (tertiary/aromatic N) is 1. The number of methoxy groups -OCH3 is 2. The number of aliphatic hydroxyl groups excluding tert-OH is 1. The minimum Gasteiger partial charge on any atom is -0.493 e. The first kappa shape index (κ1) is 32.7. The lowest BCUT2D eigenvalue weighted by molar-refractivity contribution is -0.125. The van der Waals surface area contributed by atoms with Crippen molar-refractivity contribution in [1.29, 1.82) is 0 Å². The highest BCUT2D eigenvalue weighted by atomic mass is 32.2. The summed E-state index contributed by atoms with van der Waals surface area (Å²) in [5.41, 5.74) is 7.62. The standard InChI is InChI=1S/C29H51N3O5S/c1-21(2)24(18-23-7-8-27(36-5)28(19-23)37-14-6-13-35-4)20-25(30)26(33)17-22(3)29(34)31-9-10-32-11-15-38-16-12-32/h7-8,19,21-22,24-26,33H,6,9-18,20,30H2,1-5H3,(H,31,34). The molecule has 0 bridgehead atoms. The zero-order chi connectivity index (χ0) is 27.9. The van der Waals surface area contributed by atoms with Crippen LogP contribution in [0.4, 0.5) is 0 Å². The number of carbonyl (C=O) groups excluding carboxylic acids is 1. The van der Waals surface area contributed by atoms with Crippen LogP contribution in [-0.4, -0.2) is 93.2 Å². The van der Waals surface area contributed by atoms with E-state index < -0.39 is 12.1 Å². The lowest BCUT2D eigenvalue weighted by Gasteiger charge is -2.29. The highest BCUT2D eigenvalue weighted by Gasteiger charge is 2.26. The number of carbonyl (C=O) groups is 1. The number of hydrogen-bond donors (Lipinski definition) is 3. The minimum atomic E-state index is -0.730. The second-order valence-corrected chi connectivity index (χ2v) is 12.0. The van der Waals surface area contributed by atoms with Gasteiger partial charge in [-0.25, -0.2) is 0 Å². The number of aliphatic hydroxyl groups is 1. The summed E-state index contributed by atoms with van der Waals surface area (Å²) in [6, 6.07) is 5.65. The van der Waals surface area contributed by atoms with Gasteiger partial charge in [0.25, 0.3) is 0 Å². The normalized spacial score (nSPS) is 17.6. The number of nitrogens with one attached hydrogen (secondary N) is 1. The molecule has 4 unspecified atom stereocenters. The largest absolute Gasteiger partial charge is 0.493 e. The maximum atomic E-state index is 12.6. The molecule has 1 aliphatic heterocycles. The minimum absolute atomic E-state index is 0.0145. The van der Waals surface area contributed by atoms with Gasteiger partial charge in [0.15, 0.2) is 11.5 Å². The summed E-state index contributed by atoms with van der Waals surface area (Å²) in [6.45, 7) is 11.1. The number of benzene rings is 1. The summed E-state index contributed by atoms with van der Waals surface area (Å²) in [5, 5.41) is 13.9. The molecule has 0 spiro atoms. The lowest BCUT2D eigenvalue weighted by atomic mass is 9.82. The van der Waals surface area contributed by atoms with E-state index in [1.807, 2.05) is 30.8 Å². The third kappa shape index (κ3) is 11.7. The highest BCUT2D eigenvalue weighted by molar-refractivity contribution is 7.99. The molecule has 1 fully saturated rings. The number of hydrogen-bond acceptors (Lipinski definition) is 8. The van der Waals surface area contributed by atoms with Crippen LogP contribution in [0.2, 0.25) is 0 Å². The summed E-state index contributed by atoms with van der Waals surface area (Å²) < 4.78 is 16.5. The van der Waals surface area contributed by atoms with E-state index in [1.54, 1.807) is 14.2 Å². The molecule has 1 heterocycles. The molecule has 38 heavy (non-hydrogen) atoms. The van der Waals surface area contributed by atoms with E-state index in [4.69, 9.17) is 19.9 Å². The number of thioether (sulfide) groups is 1. The van der Waals surface area contributed by atoms with Gasteiger partial charge < -0.3 is 30.4 Å². The first-order chi connectivity index (χ1) is 18.2. The first-order valence-corrected chi connectivity index (χ1v) is 15.2. The molecule has 1 aliphatic rings. The van der Waals surface area contributed by atoms with Gasteiger partial charge in [0, 0.05) is 69.8 Å². The summed E-state index contributed by atoms with van der Waals surface area (Å²) >= 11 is 1.98. The van der Waals surface area contributed by atoms with Crippen molar-refractivity contribution >= 4 is 17.7 Å². The molecule has 1 saturated heterocycles. The fourth-order valence-electron chi connectivity index (χ4n) is 4.73. The van der Waals surface area contributed by atoms with E-state index in [-0.39, 0.29) is 17.7 Å². The molecule has 0 aliphatic carbocycles. The molecule has 2 rings (SSSR count). The van der Waals surface area contributed by atoms with Crippen molar-refractivity contribution in [3.05, 3.63) is 23.8 Å². The monoisotopic (exact) mass is 553 g/mol. The van der Waals surface area contributed by atoms with Gasteiger partial charge in [-0.1, -0.05) is 26.8 Å².